The van der Waals surface area contributed by atoms with Gasteiger partial charge < -0.3 is 5.73 Å². The van der Waals surface area contributed by atoms with Crippen molar-refractivity contribution in [2.45, 2.75) is 24.8 Å². The minimum absolute atomic E-state index is 0.327. The Morgan fingerprint density at radius 3 is 2.53 bits per heavy atom. The van der Waals surface area contributed by atoms with Gasteiger partial charge >= 0.3 is 0 Å². The van der Waals surface area contributed by atoms with Crippen molar-refractivity contribution in [2.75, 3.05) is 0 Å². The Bertz CT molecular complexity index is 506. The van der Waals surface area contributed by atoms with Gasteiger partial charge in [0, 0.05) is 36.1 Å². The molecular weight excluding hydrogens is 212 g/mol. The number of rotatable bonds is 2. The molecule has 0 amide bonds. The molecule has 2 heterocycles. The largest absolute Gasteiger partial charge is 0.328 e. The van der Waals surface area contributed by atoms with Gasteiger partial charge in [0.2, 0.25) is 0 Å². The second kappa shape index (κ2) is 4.22. The van der Waals surface area contributed by atoms with Crippen LogP contribution in [0.3, 0.4) is 0 Å². The molecule has 4 nitrogen and oxygen atoms in total. The van der Waals surface area contributed by atoms with Crippen LogP contribution in [-0.2, 0) is 0 Å². The molecule has 0 aromatic carbocycles. The summed E-state index contributed by atoms with van der Waals surface area (Å²) in [4.78, 5) is 12.9. The Balaban J connectivity index is 1.89. The maximum absolute atomic E-state index is 5.79. The van der Waals surface area contributed by atoms with Gasteiger partial charge in [0.25, 0.3) is 0 Å². The zero-order valence-electron chi connectivity index (χ0n) is 9.45. The van der Waals surface area contributed by atoms with Crippen LogP contribution in [0.15, 0.2) is 36.8 Å². The molecule has 1 aliphatic carbocycles. The second-order valence-corrected chi connectivity index (χ2v) is 4.46. The van der Waals surface area contributed by atoms with Gasteiger partial charge in [-0.25, -0.2) is 9.97 Å². The zero-order chi connectivity index (χ0) is 11.7. The minimum Gasteiger partial charge on any atom is -0.328 e. The summed E-state index contributed by atoms with van der Waals surface area (Å²) in [6, 6.07) is 6.17. The van der Waals surface area contributed by atoms with Crippen LogP contribution in [0.25, 0.3) is 11.3 Å². The van der Waals surface area contributed by atoms with E-state index in [2.05, 4.69) is 15.0 Å². The van der Waals surface area contributed by atoms with E-state index in [1.165, 1.54) is 0 Å². The van der Waals surface area contributed by atoms with Crippen molar-refractivity contribution < 1.29 is 0 Å². The molecule has 0 bridgehead atoms. The van der Waals surface area contributed by atoms with E-state index in [1.54, 1.807) is 12.4 Å². The van der Waals surface area contributed by atoms with E-state index in [-0.39, 0.29) is 0 Å². The van der Waals surface area contributed by atoms with Crippen molar-refractivity contribution in [3.63, 3.8) is 0 Å². The molecule has 4 heteroatoms. The lowest BCUT2D eigenvalue weighted by atomic mass is 9.80. The molecule has 2 aromatic heterocycles. The molecule has 0 saturated heterocycles. The lowest BCUT2D eigenvalue weighted by molar-refractivity contribution is 0.338. The van der Waals surface area contributed by atoms with Gasteiger partial charge in [-0.05, 0) is 31.0 Å². The van der Waals surface area contributed by atoms with E-state index in [1.807, 2.05) is 24.4 Å². The highest BCUT2D eigenvalue weighted by molar-refractivity contribution is 5.57. The first kappa shape index (κ1) is 10.4. The first-order chi connectivity index (χ1) is 8.33. The third kappa shape index (κ3) is 2.03. The van der Waals surface area contributed by atoms with Crippen LogP contribution in [-0.4, -0.2) is 21.0 Å². The van der Waals surface area contributed by atoms with E-state index in [9.17, 15) is 0 Å². The quantitative estimate of drug-likeness (QED) is 0.847. The van der Waals surface area contributed by atoms with Gasteiger partial charge in [0.1, 0.15) is 5.82 Å². The maximum atomic E-state index is 5.79. The summed E-state index contributed by atoms with van der Waals surface area (Å²) < 4.78 is 0. The first-order valence-corrected chi connectivity index (χ1v) is 5.82. The molecular formula is C13H14N4. The maximum Gasteiger partial charge on any atom is 0.132 e. The topological polar surface area (TPSA) is 64.7 Å². The van der Waals surface area contributed by atoms with Crippen molar-refractivity contribution in [3.05, 3.63) is 42.6 Å². The summed E-state index contributed by atoms with van der Waals surface area (Å²) in [6.45, 7) is 0. The van der Waals surface area contributed by atoms with Crippen molar-refractivity contribution in [2.24, 2.45) is 5.73 Å². The van der Waals surface area contributed by atoms with Gasteiger partial charge in [0.15, 0.2) is 0 Å². The fourth-order valence-electron chi connectivity index (χ4n) is 2.13. The highest BCUT2D eigenvalue weighted by Crippen LogP contribution is 2.34. The van der Waals surface area contributed by atoms with Crippen LogP contribution in [0, 0.1) is 0 Å². The Kier molecular flexibility index (Phi) is 2.57. The number of nitrogens with two attached hydrogens (primary N) is 1. The fraction of sp³-hybridized carbons (Fsp3) is 0.308. The van der Waals surface area contributed by atoms with Gasteiger partial charge in [-0.2, -0.15) is 0 Å². The third-order valence-electron chi connectivity index (χ3n) is 3.19. The summed E-state index contributed by atoms with van der Waals surface area (Å²) in [5.74, 6) is 1.35. The van der Waals surface area contributed by atoms with Crippen molar-refractivity contribution in [1.82, 2.24) is 15.0 Å². The number of hydrogen-bond donors (Lipinski definition) is 1. The highest BCUT2D eigenvalue weighted by atomic mass is 14.9. The van der Waals surface area contributed by atoms with E-state index in [0.717, 1.165) is 29.9 Å². The molecule has 1 saturated carbocycles. The van der Waals surface area contributed by atoms with E-state index < -0.39 is 0 Å². The molecule has 0 radical (unpaired) electrons. The fourth-order valence-corrected chi connectivity index (χ4v) is 2.13. The normalized spacial score (nSPS) is 23.1. The molecule has 1 aliphatic rings. The van der Waals surface area contributed by atoms with E-state index in [4.69, 9.17) is 5.73 Å². The van der Waals surface area contributed by atoms with Gasteiger partial charge in [-0.15, -0.1) is 0 Å². The summed E-state index contributed by atoms with van der Waals surface area (Å²) in [6.07, 6.45) is 7.37. The third-order valence-corrected chi connectivity index (χ3v) is 3.19. The smallest absolute Gasteiger partial charge is 0.132 e. The Morgan fingerprint density at radius 1 is 1.06 bits per heavy atom. The summed E-state index contributed by atoms with van der Waals surface area (Å²) in [7, 11) is 0. The van der Waals surface area contributed by atoms with E-state index in [0.29, 0.717) is 12.0 Å². The van der Waals surface area contributed by atoms with Gasteiger partial charge in [0.05, 0.1) is 5.69 Å². The summed E-state index contributed by atoms with van der Waals surface area (Å²) >= 11 is 0. The van der Waals surface area contributed by atoms with E-state index >= 15 is 0 Å². The summed E-state index contributed by atoms with van der Waals surface area (Å²) in [5, 5.41) is 0. The SMILES string of the molecule is NC1CC(c2nccc(-c3ccncc3)n2)C1. The van der Waals surface area contributed by atoms with Crippen LogP contribution in [0.1, 0.15) is 24.6 Å². The second-order valence-electron chi connectivity index (χ2n) is 4.46. The van der Waals surface area contributed by atoms with Gasteiger partial charge in [-0.1, -0.05) is 0 Å². The molecule has 2 aromatic rings. The lowest BCUT2D eigenvalue weighted by Gasteiger charge is -2.31. The highest BCUT2D eigenvalue weighted by Gasteiger charge is 2.29. The average Bonchev–Trinajstić information content (AvgIpc) is 2.36. The number of hydrogen-bond acceptors (Lipinski definition) is 4. The standard InChI is InChI=1S/C13H14N4/c14-11-7-10(8-11)13-16-6-3-12(17-13)9-1-4-15-5-2-9/h1-6,10-11H,7-8,14H2. The average molecular weight is 226 g/mol. The van der Waals surface area contributed by atoms with Crippen LogP contribution in [0.5, 0.6) is 0 Å². The molecule has 0 aliphatic heterocycles. The minimum atomic E-state index is 0.327. The Labute approximate surface area is 99.9 Å². The van der Waals surface area contributed by atoms with Gasteiger partial charge in [-0.3, -0.25) is 4.98 Å². The molecule has 0 atom stereocenters. The molecule has 2 N–H and O–H groups in total. The van der Waals surface area contributed by atoms with Crippen molar-refractivity contribution >= 4 is 0 Å². The van der Waals surface area contributed by atoms with Crippen molar-refractivity contribution in [1.29, 1.82) is 0 Å². The van der Waals surface area contributed by atoms with Crippen molar-refractivity contribution in [3.8, 4) is 11.3 Å². The zero-order valence-corrected chi connectivity index (χ0v) is 9.45. The number of aromatic nitrogens is 3. The monoisotopic (exact) mass is 226 g/mol. The van der Waals surface area contributed by atoms with Crippen LogP contribution in [0.4, 0.5) is 0 Å². The van der Waals surface area contributed by atoms with Crippen LogP contribution >= 0.6 is 0 Å². The number of nitrogens with zero attached hydrogens (tertiary/aromatic N) is 3. The first-order valence-electron chi connectivity index (χ1n) is 5.82. The molecule has 1 fully saturated rings. The van der Waals surface area contributed by atoms with Crippen LogP contribution < -0.4 is 5.73 Å². The summed E-state index contributed by atoms with van der Waals surface area (Å²) in [5.41, 5.74) is 7.82. The number of pyridine rings is 1. The molecule has 3 rings (SSSR count). The lowest BCUT2D eigenvalue weighted by Crippen LogP contribution is -2.35. The Morgan fingerprint density at radius 2 is 1.82 bits per heavy atom. The molecule has 86 valence electrons. The Hall–Kier alpha value is -1.81. The van der Waals surface area contributed by atoms with Crippen LogP contribution in [0.2, 0.25) is 0 Å². The molecule has 17 heavy (non-hydrogen) atoms. The predicted molar refractivity (Wildman–Crippen MR) is 65.2 cm³/mol. The predicted octanol–water partition coefficient (Wildman–Crippen LogP) is 1.74. The molecule has 0 spiro atoms. The molecule has 0 unspecified atom stereocenters.